The minimum Gasteiger partial charge on any atom is 0 e. The zero-order valence-electron chi connectivity index (χ0n) is 1.70. The molecule has 0 aromatic heterocycles. The normalized spacial score (nSPS) is 0. The topological polar surface area (TPSA) is 0 Å². The van der Waals surface area contributed by atoms with Crippen LogP contribution in [0, 0.1) is 0 Å². The zero-order chi connectivity index (χ0) is 0. The van der Waals surface area contributed by atoms with Gasteiger partial charge in [0.1, 0.15) is 0 Å². The molecule has 0 N–H and O–H groups in total. The van der Waals surface area contributed by atoms with Crippen molar-refractivity contribution < 1.29 is 67.1 Å². The Hall–Kier alpha value is 2.44. The second-order valence-corrected chi connectivity index (χ2v) is 0. The molecule has 0 nitrogen and oxygen atoms in total. The van der Waals surface area contributed by atoms with E-state index in [1.807, 2.05) is 0 Å². The van der Waals surface area contributed by atoms with Crippen molar-refractivity contribution in [3.8, 4) is 0 Å². The Morgan fingerprint density at radius 2 is 0.750 bits per heavy atom. The molecule has 4 heteroatoms. The monoisotopic (exact) mass is 321 g/mol. The number of rotatable bonds is 0. The largest absolute Gasteiger partial charge is 0 e. The van der Waals surface area contributed by atoms with Gasteiger partial charge in [0.2, 0.25) is 0 Å². The summed E-state index contributed by atoms with van der Waals surface area (Å²) in [5.41, 5.74) is 0. The minimum atomic E-state index is 0. The molecule has 0 fully saturated rings. The van der Waals surface area contributed by atoms with Crippen LogP contribution in [0.25, 0.3) is 0 Å². The van der Waals surface area contributed by atoms with Crippen molar-refractivity contribution in [2.45, 2.75) is 0 Å². The molecule has 0 spiro atoms. The van der Waals surface area contributed by atoms with Gasteiger partial charge in [0.25, 0.3) is 0 Å². The van der Waals surface area contributed by atoms with E-state index in [-0.39, 0.29) is 78.1 Å². The third kappa shape index (κ3) is 8.83. The second kappa shape index (κ2) is 18.0. The fourth-order valence-corrected chi connectivity index (χ4v) is 0. The average Bonchev–Trinajstić information content (AvgIpc) is 0. The summed E-state index contributed by atoms with van der Waals surface area (Å²) in [6.07, 6.45) is 0. The molecular formula is AgNb2Si. The van der Waals surface area contributed by atoms with Gasteiger partial charge in [0.05, 0.1) is 0 Å². The van der Waals surface area contributed by atoms with Gasteiger partial charge in [-0.05, 0) is 0 Å². The van der Waals surface area contributed by atoms with E-state index < -0.39 is 0 Å². The Morgan fingerprint density at radius 1 is 0.750 bits per heavy atom. The van der Waals surface area contributed by atoms with Crippen molar-refractivity contribution in [2.24, 2.45) is 0 Å². The van der Waals surface area contributed by atoms with E-state index in [1.54, 1.807) is 0 Å². The van der Waals surface area contributed by atoms with E-state index in [0.29, 0.717) is 0 Å². The van der Waals surface area contributed by atoms with Crippen LogP contribution in [0.2, 0.25) is 0 Å². The first kappa shape index (κ1) is 32.0. The Balaban J connectivity index is 0. The summed E-state index contributed by atoms with van der Waals surface area (Å²) >= 11 is 0. The molecule has 0 rings (SSSR count). The number of hydrogen-bond acceptors (Lipinski definition) is 0. The van der Waals surface area contributed by atoms with Gasteiger partial charge in [-0.25, -0.2) is 0 Å². The van der Waals surface area contributed by atoms with Gasteiger partial charge in [-0.3, -0.25) is 0 Å². The van der Waals surface area contributed by atoms with Crippen LogP contribution in [0.4, 0.5) is 0 Å². The summed E-state index contributed by atoms with van der Waals surface area (Å²) in [6.45, 7) is 0. The SMILES string of the molecule is [Ag].[Nb].[Nb].[Si]. The summed E-state index contributed by atoms with van der Waals surface area (Å²) < 4.78 is 0. The molecule has 0 amide bonds. The third-order valence-corrected chi connectivity index (χ3v) is 0. The molecule has 25 valence electrons. The van der Waals surface area contributed by atoms with Crippen molar-refractivity contribution in [1.82, 2.24) is 0 Å². The van der Waals surface area contributed by atoms with Crippen LogP contribution in [-0.2, 0) is 67.1 Å². The van der Waals surface area contributed by atoms with Gasteiger partial charge in [0.15, 0.2) is 0 Å². The molecule has 0 saturated heterocycles. The molecule has 7 radical (unpaired) electrons. The predicted molar refractivity (Wildman–Crippen MR) is 5.75 cm³/mol. The summed E-state index contributed by atoms with van der Waals surface area (Å²) in [5, 5.41) is 0. The average molecular weight is 322 g/mol. The Kier molecular flexibility index (Phi) is 144. The molecule has 0 heterocycles. The quantitative estimate of drug-likeness (QED) is 0.533. The van der Waals surface area contributed by atoms with E-state index in [2.05, 4.69) is 0 Å². The third-order valence-electron chi connectivity index (χ3n) is 0. The van der Waals surface area contributed by atoms with Gasteiger partial charge < -0.3 is 0 Å². The fourth-order valence-electron chi connectivity index (χ4n) is 0. The summed E-state index contributed by atoms with van der Waals surface area (Å²) in [6, 6.07) is 0. The molecular weight excluding hydrogens is 322 g/mol. The first-order valence-corrected chi connectivity index (χ1v) is 0. The predicted octanol–water partition coefficient (Wildman–Crippen LogP) is -0.388. The molecule has 0 aliphatic carbocycles. The zero-order valence-corrected chi connectivity index (χ0v) is 8.58. The maximum absolute atomic E-state index is 0. The molecule has 0 aromatic carbocycles. The molecule has 4 heavy (non-hydrogen) atoms. The van der Waals surface area contributed by atoms with Crippen LogP contribution >= 0.6 is 0 Å². The van der Waals surface area contributed by atoms with Crippen LogP contribution in [0.1, 0.15) is 0 Å². The summed E-state index contributed by atoms with van der Waals surface area (Å²) in [7, 11) is 0. The minimum absolute atomic E-state index is 0. The van der Waals surface area contributed by atoms with Gasteiger partial charge in [-0.15, -0.1) is 0 Å². The standard InChI is InChI=1S/Ag.2Nb.Si. The molecule has 0 aromatic rings. The first-order chi connectivity index (χ1) is 0. The number of hydrogen-bond donors (Lipinski definition) is 0. The van der Waals surface area contributed by atoms with Gasteiger partial charge in [-0.2, -0.15) is 0 Å². The van der Waals surface area contributed by atoms with Crippen molar-refractivity contribution in [3.63, 3.8) is 0 Å². The molecule has 0 bridgehead atoms. The van der Waals surface area contributed by atoms with Crippen molar-refractivity contribution >= 4 is 11.0 Å². The van der Waals surface area contributed by atoms with E-state index in [4.69, 9.17) is 0 Å². The molecule has 0 saturated carbocycles. The Labute approximate surface area is 77.0 Å². The van der Waals surface area contributed by atoms with Crippen molar-refractivity contribution in [1.29, 1.82) is 0 Å². The van der Waals surface area contributed by atoms with Crippen LogP contribution in [0.15, 0.2) is 0 Å². The second-order valence-electron chi connectivity index (χ2n) is 0. The van der Waals surface area contributed by atoms with Gasteiger partial charge >= 0.3 is 0 Å². The maximum atomic E-state index is 0. The first-order valence-electron chi connectivity index (χ1n) is 0. The fraction of sp³-hybridized carbons (Fsp3) is 0. The van der Waals surface area contributed by atoms with Gasteiger partial charge in [-0.1, -0.05) is 0 Å². The smallest absolute Gasteiger partial charge is 0 e. The van der Waals surface area contributed by atoms with E-state index in [9.17, 15) is 0 Å². The summed E-state index contributed by atoms with van der Waals surface area (Å²) in [4.78, 5) is 0. The maximum Gasteiger partial charge on any atom is 0 e. The molecule has 0 aliphatic heterocycles. The van der Waals surface area contributed by atoms with Crippen LogP contribution < -0.4 is 0 Å². The Morgan fingerprint density at radius 3 is 0.750 bits per heavy atom. The van der Waals surface area contributed by atoms with Crippen LogP contribution in [-0.4, -0.2) is 11.0 Å². The summed E-state index contributed by atoms with van der Waals surface area (Å²) in [5.74, 6) is 0. The Bertz CT molecular complexity index is 6.00. The van der Waals surface area contributed by atoms with Crippen LogP contribution in [0.5, 0.6) is 0 Å². The van der Waals surface area contributed by atoms with E-state index in [1.165, 1.54) is 0 Å². The molecule has 0 unspecified atom stereocenters. The van der Waals surface area contributed by atoms with Crippen molar-refractivity contribution in [3.05, 3.63) is 0 Å². The molecule has 0 aliphatic rings. The van der Waals surface area contributed by atoms with Crippen LogP contribution in [0.3, 0.4) is 0 Å². The molecule has 0 atom stereocenters. The van der Waals surface area contributed by atoms with E-state index >= 15 is 0 Å². The van der Waals surface area contributed by atoms with Crippen molar-refractivity contribution in [2.75, 3.05) is 0 Å². The van der Waals surface area contributed by atoms with E-state index in [0.717, 1.165) is 0 Å². The van der Waals surface area contributed by atoms with Gasteiger partial charge in [0, 0.05) is 78.1 Å².